The van der Waals surface area contributed by atoms with Gasteiger partial charge in [0, 0.05) is 0 Å². The second-order valence-corrected chi connectivity index (χ2v) is 12.0. The van der Waals surface area contributed by atoms with E-state index >= 15 is 0 Å². The van der Waals surface area contributed by atoms with Gasteiger partial charge in [-0.2, -0.15) is 0 Å². The van der Waals surface area contributed by atoms with E-state index < -0.39 is 0 Å². The molecule has 27 heavy (non-hydrogen) atoms. The van der Waals surface area contributed by atoms with Crippen molar-refractivity contribution in [1.29, 1.82) is 0 Å². The van der Waals surface area contributed by atoms with Crippen LogP contribution in [0.4, 0.5) is 0 Å². The van der Waals surface area contributed by atoms with Gasteiger partial charge in [-0.15, -0.1) is 0 Å². The molecule has 4 aliphatic carbocycles. The number of rotatable bonds is 5. The molecule has 154 valence electrons. The lowest BCUT2D eigenvalue weighted by atomic mass is 9.48. The summed E-state index contributed by atoms with van der Waals surface area (Å²) in [4.78, 5) is 0. The Morgan fingerprint density at radius 1 is 0.963 bits per heavy atom. The summed E-state index contributed by atoms with van der Waals surface area (Å²) < 4.78 is 0. The maximum Gasteiger partial charge on any atom is -0.00853 e. The van der Waals surface area contributed by atoms with Crippen molar-refractivity contribution >= 4 is 0 Å². The van der Waals surface area contributed by atoms with E-state index in [1.165, 1.54) is 77.0 Å². The highest BCUT2D eigenvalue weighted by atomic mass is 14.6. The van der Waals surface area contributed by atoms with Crippen molar-refractivity contribution < 1.29 is 0 Å². The van der Waals surface area contributed by atoms with Gasteiger partial charge in [-0.3, -0.25) is 0 Å². The van der Waals surface area contributed by atoms with E-state index in [0.29, 0.717) is 10.8 Å². The molecule has 0 aromatic heterocycles. The fraction of sp³-hybridized carbons (Fsp3) is 0.926. The summed E-state index contributed by atoms with van der Waals surface area (Å²) in [5.74, 6) is 5.71. The van der Waals surface area contributed by atoms with Gasteiger partial charge in [-0.1, -0.05) is 78.4 Å². The van der Waals surface area contributed by atoms with Crippen LogP contribution in [0.25, 0.3) is 0 Å². The highest BCUT2D eigenvalue weighted by Crippen LogP contribution is 2.66. The summed E-state index contributed by atoms with van der Waals surface area (Å²) in [5.41, 5.74) is 3.13. The molecule has 7 atom stereocenters. The molecule has 0 aliphatic heterocycles. The Kier molecular flexibility index (Phi) is 5.59. The Morgan fingerprint density at radius 3 is 2.56 bits per heavy atom. The lowest BCUT2D eigenvalue weighted by molar-refractivity contribution is 0.0195. The van der Waals surface area contributed by atoms with Crippen LogP contribution in [-0.2, 0) is 0 Å². The largest absolute Gasteiger partial charge is 0.0839 e. The van der Waals surface area contributed by atoms with Gasteiger partial charge in [-0.25, -0.2) is 0 Å². The molecule has 4 rings (SSSR count). The van der Waals surface area contributed by atoms with E-state index in [0.717, 1.165) is 35.5 Å². The predicted molar refractivity (Wildman–Crippen MR) is 118 cm³/mol. The molecule has 3 saturated carbocycles. The second-order valence-electron chi connectivity index (χ2n) is 12.0. The molecule has 0 aromatic rings. The standard InChI is InChI=1S/C27H46/c1-19(2)9-8-10-20(3)23-14-15-24-22-13-12-21-11-6-7-17-26(21,4)25(22)16-18-27(23,24)5/h16,19-24H,6-15,17-18H2,1-5H3. The van der Waals surface area contributed by atoms with Crippen LogP contribution in [0.2, 0.25) is 0 Å². The number of hydrogen-bond acceptors (Lipinski definition) is 0. The summed E-state index contributed by atoms with van der Waals surface area (Å²) in [7, 11) is 0. The van der Waals surface area contributed by atoms with Crippen LogP contribution in [0.1, 0.15) is 112 Å². The average molecular weight is 371 g/mol. The zero-order valence-corrected chi connectivity index (χ0v) is 19.0. The molecule has 0 bridgehead atoms. The Hall–Kier alpha value is -0.260. The monoisotopic (exact) mass is 370 g/mol. The van der Waals surface area contributed by atoms with E-state index in [9.17, 15) is 0 Å². The first-order valence-corrected chi connectivity index (χ1v) is 12.6. The molecule has 3 fully saturated rings. The highest BCUT2D eigenvalue weighted by Gasteiger charge is 2.57. The van der Waals surface area contributed by atoms with Crippen molar-refractivity contribution in [2.24, 2.45) is 46.3 Å². The lowest BCUT2D eigenvalue weighted by Crippen LogP contribution is -2.47. The molecule has 0 saturated heterocycles. The zero-order chi connectivity index (χ0) is 19.2. The molecule has 0 nitrogen and oxygen atoms in total. The normalized spacial score (nSPS) is 45.0. The van der Waals surface area contributed by atoms with Crippen LogP contribution in [0, 0.1) is 46.3 Å². The van der Waals surface area contributed by atoms with E-state index in [4.69, 9.17) is 0 Å². The second kappa shape index (κ2) is 7.53. The molecule has 0 N–H and O–H groups in total. The van der Waals surface area contributed by atoms with Crippen molar-refractivity contribution in [2.45, 2.75) is 112 Å². The third-order valence-electron chi connectivity index (χ3n) is 10.1. The first kappa shape index (κ1) is 20.0. The summed E-state index contributed by atoms with van der Waals surface area (Å²) in [6.07, 6.45) is 20.6. The minimum Gasteiger partial charge on any atom is -0.0839 e. The number of hydrogen-bond donors (Lipinski definition) is 0. The zero-order valence-electron chi connectivity index (χ0n) is 19.0. The van der Waals surface area contributed by atoms with Gasteiger partial charge in [0.1, 0.15) is 0 Å². The predicted octanol–water partition coefficient (Wildman–Crippen LogP) is 8.42. The van der Waals surface area contributed by atoms with Crippen molar-refractivity contribution in [3.8, 4) is 0 Å². The van der Waals surface area contributed by atoms with Gasteiger partial charge in [0.15, 0.2) is 0 Å². The Bertz CT molecular complexity index is 556. The van der Waals surface area contributed by atoms with Gasteiger partial charge in [0.2, 0.25) is 0 Å². The third kappa shape index (κ3) is 3.36. The quantitative estimate of drug-likeness (QED) is 0.426. The van der Waals surface area contributed by atoms with Crippen molar-refractivity contribution in [2.75, 3.05) is 0 Å². The minimum absolute atomic E-state index is 0.573. The summed E-state index contributed by atoms with van der Waals surface area (Å²) >= 11 is 0. The van der Waals surface area contributed by atoms with E-state index in [2.05, 4.69) is 40.7 Å². The van der Waals surface area contributed by atoms with E-state index in [1.54, 1.807) is 0 Å². The van der Waals surface area contributed by atoms with Gasteiger partial charge in [-0.05, 0) is 91.3 Å². The van der Waals surface area contributed by atoms with Gasteiger partial charge in [0.05, 0.1) is 0 Å². The maximum absolute atomic E-state index is 2.82. The van der Waals surface area contributed by atoms with Gasteiger partial charge >= 0.3 is 0 Å². The van der Waals surface area contributed by atoms with Gasteiger partial charge < -0.3 is 0 Å². The molecule has 0 spiro atoms. The van der Waals surface area contributed by atoms with Crippen molar-refractivity contribution in [1.82, 2.24) is 0 Å². The van der Waals surface area contributed by atoms with Crippen LogP contribution in [0.3, 0.4) is 0 Å². The fourth-order valence-electron chi connectivity index (χ4n) is 8.58. The molecule has 0 aromatic carbocycles. The lowest BCUT2D eigenvalue weighted by Gasteiger charge is -2.56. The van der Waals surface area contributed by atoms with Crippen molar-refractivity contribution in [3.63, 3.8) is 0 Å². The molecular formula is C27H46. The third-order valence-corrected chi connectivity index (χ3v) is 10.1. The maximum atomic E-state index is 2.82. The molecule has 7 unspecified atom stereocenters. The molecule has 0 heteroatoms. The minimum atomic E-state index is 0.573. The Morgan fingerprint density at radius 2 is 1.78 bits per heavy atom. The van der Waals surface area contributed by atoms with Crippen molar-refractivity contribution in [3.05, 3.63) is 11.6 Å². The molecule has 0 heterocycles. The van der Waals surface area contributed by atoms with Crippen LogP contribution in [-0.4, -0.2) is 0 Å². The number of allylic oxidation sites excluding steroid dienone is 2. The molecular weight excluding hydrogens is 324 g/mol. The summed E-state index contributed by atoms with van der Waals surface area (Å²) in [6.45, 7) is 12.7. The molecule has 0 amide bonds. The Labute approximate surface area is 170 Å². The Balaban J connectivity index is 1.51. The summed E-state index contributed by atoms with van der Waals surface area (Å²) in [6, 6.07) is 0. The fourth-order valence-corrected chi connectivity index (χ4v) is 8.58. The van der Waals surface area contributed by atoms with Gasteiger partial charge in [0.25, 0.3) is 0 Å². The average Bonchev–Trinajstić information content (AvgIpc) is 2.98. The van der Waals surface area contributed by atoms with E-state index in [1.807, 2.05) is 5.57 Å². The highest BCUT2D eigenvalue weighted by molar-refractivity contribution is 5.28. The SMILES string of the molecule is CC(C)CCCC(C)C1CCC2C3CCC4CCCCC4(C)C3=CCC12C. The topological polar surface area (TPSA) is 0 Å². The van der Waals surface area contributed by atoms with Crippen LogP contribution < -0.4 is 0 Å². The van der Waals surface area contributed by atoms with Crippen LogP contribution >= 0.6 is 0 Å². The first-order valence-electron chi connectivity index (χ1n) is 12.6. The number of fused-ring (bicyclic) bond motifs is 5. The van der Waals surface area contributed by atoms with Crippen LogP contribution in [0.5, 0.6) is 0 Å². The van der Waals surface area contributed by atoms with E-state index in [-0.39, 0.29) is 0 Å². The smallest absolute Gasteiger partial charge is 0.00853 e. The molecule has 4 aliphatic rings. The molecule has 0 radical (unpaired) electrons. The van der Waals surface area contributed by atoms with Crippen LogP contribution in [0.15, 0.2) is 11.6 Å². The first-order chi connectivity index (χ1) is 12.9. The summed E-state index contributed by atoms with van der Waals surface area (Å²) in [5, 5.41) is 0.